The highest BCUT2D eigenvalue weighted by molar-refractivity contribution is 5.60. The van der Waals surface area contributed by atoms with Gasteiger partial charge in [0, 0.05) is 44.1 Å². The first-order valence-electron chi connectivity index (χ1n) is 8.53. The first kappa shape index (κ1) is 15.1. The van der Waals surface area contributed by atoms with E-state index in [1.807, 2.05) is 12.4 Å². The van der Waals surface area contributed by atoms with Gasteiger partial charge in [0.15, 0.2) is 0 Å². The lowest BCUT2D eigenvalue weighted by Crippen LogP contribution is -2.22. The quantitative estimate of drug-likeness (QED) is 0.739. The zero-order valence-electron chi connectivity index (χ0n) is 14.0. The van der Waals surface area contributed by atoms with Gasteiger partial charge in [-0.05, 0) is 43.2 Å². The summed E-state index contributed by atoms with van der Waals surface area (Å²) in [4.78, 5) is 6.60. The molecule has 4 rings (SSSR count). The molecule has 0 bridgehead atoms. The number of hydrogen-bond acceptors (Lipinski definition) is 3. The summed E-state index contributed by atoms with van der Waals surface area (Å²) in [6.45, 7) is 6.13. The molecule has 0 aliphatic carbocycles. The molecule has 0 saturated heterocycles. The monoisotopic (exact) mass is 318 g/mol. The van der Waals surface area contributed by atoms with Crippen molar-refractivity contribution in [3.63, 3.8) is 0 Å². The maximum absolute atomic E-state index is 4.84. The van der Waals surface area contributed by atoms with Crippen LogP contribution in [0.2, 0.25) is 0 Å². The molecule has 2 aromatic heterocycles. The van der Waals surface area contributed by atoms with Crippen LogP contribution in [-0.4, -0.2) is 26.2 Å². The topological polar surface area (TPSA) is 34.0 Å². The highest BCUT2D eigenvalue weighted by Crippen LogP contribution is 2.23. The van der Waals surface area contributed by atoms with Crippen LogP contribution in [0.4, 0.5) is 0 Å². The maximum Gasteiger partial charge on any atom is 0.0926 e. The number of benzene rings is 1. The molecule has 0 saturated carbocycles. The Morgan fingerprint density at radius 2 is 1.92 bits per heavy atom. The van der Waals surface area contributed by atoms with E-state index in [-0.39, 0.29) is 0 Å². The molecule has 4 nitrogen and oxygen atoms in total. The van der Waals surface area contributed by atoms with Gasteiger partial charge in [0.1, 0.15) is 0 Å². The molecular formula is C20H22N4. The van der Waals surface area contributed by atoms with Gasteiger partial charge in [-0.3, -0.25) is 14.6 Å². The lowest BCUT2D eigenvalue weighted by Gasteiger charge is -2.19. The average Bonchev–Trinajstić information content (AvgIpc) is 2.89. The van der Waals surface area contributed by atoms with Crippen LogP contribution < -0.4 is 0 Å². The molecular weight excluding hydrogens is 296 g/mol. The number of pyridine rings is 1. The molecule has 0 radical (unpaired) electrons. The summed E-state index contributed by atoms with van der Waals surface area (Å²) in [5, 5.41) is 4.84. The van der Waals surface area contributed by atoms with Crippen LogP contribution in [0, 0.1) is 6.92 Å². The molecule has 122 valence electrons. The van der Waals surface area contributed by atoms with Crippen LogP contribution >= 0.6 is 0 Å². The number of nitrogens with zero attached hydrogens (tertiary/aromatic N) is 4. The van der Waals surface area contributed by atoms with E-state index < -0.39 is 0 Å². The Hall–Kier alpha value is -2.46. The molecule has 0 unspecified atom stereocenters. The summed E-state index contributed by atoms with van der Waals surface area (Å²) in [6, 6.07) is 15.0. The second kappa shape index (κ2) is 6.57. The Balaban J connectivity index is 1.56. The van der Waals surface area contributed by atoms with Gasteiger partial charge in [-0.2, -0.15) is 5.10 Å². The van der Waals surface area contributed by atoms with Crippen LogP contribution in [0.25, 0.3) is 11.3 Å². The molecule has 0 atom stereocenters. The molecule has 4 heteroatoms. The van der Waals surface area contributed by atoms with Crippen molar-refractivity contribution >= 4 is 0 Å². The smallest absolute Gasteiger partial charge is 0.0926 e. The molecule has 0 amide bonds. The molecule has 1 aliphatic heterocycles. The maximum atomic E-state index is 4.84. The first-order chi connectivity index (χ1) is 11.8. The van der Waals surface area contributed by atoms with Gasteiger partial charge in [0.25, 0.3) is 0 Å². The van der Waals surface area contributed by atoms with Gasteiger partial charge in [0.2, 0.25) is 0 Å². The fourth-order valence-corrected chi connectivity index (χ4v) is 3.36. The van der Waals surface area contributed by atoms with E-state index in [1.54, 1.807) is 0 Å². The minimum absolute atomic E-state index is 0.946. The van der Waals surface area contributed by atoms with Crippen LogP contribution in [0.15, 0.2) is 54.9 Å². The van der Waals surface area contributed by atoms with Crippen molar-refractivity contribution in [3.05, 3.63) is 71.7 Å². The molecule has 1 aromatic carbocycles. The molecule has 0 N–H and O–H groups in total. The van der Waals surface area contributed by atoms with Crippen LogP contribution in [0.1, 0.15) is 23.2 Å². The van der Waals surface area contributed by atoms with Gasteiger partial charge in [-0.25, -0.2) is 0 Å². The van der Waals surface area contributed by atoms with Gasteiger partial charge >= 0.3 is 0 Å². The molecule has 3 heterocycles. The second-order valence-electron chi connectivity index (χ2n) is 6.53. The lowest BCUT2D eigenvalue weighted by molar-refractivity contribution is 0.261. The predicted octanol–water partition coefficient (Wildman–Crippen LogP) is 3.66. The van der Waals surface area contributed by atoms with Crippen molar-refractivity contribution in [3.8, 4) is 11.3 Å². The van der Waals surface area contributed by atoms with Crippen molar-refractivity contribution < 1.29 is 0 Å². The molecule has 1 aliphatic rings. The van der Waals surface area contributed by atoms with Crippen molar-refractivity contribution in [1.82, 2.24) is 19.7 Å². The molecule has 24 heavy (non-hydrogen) atoms. The van der Waals surface area contributed by atoms with E-state index in [4.69, 9.17) is 5.10 Å². The van der Waals surface area contributed by atoms with Crippen molar-refractivity contribution in [2.45, 2.75) is 33.0 Å². The van der Waals surface area contributed by atoms with Crippen molar-refractivity contribution in [2.24, 2.45) is 0 Å². The van der Waals surface area contributed by atoms with Gasteiger partial charge in [0.05, 0.1) is 11.4 Å². The van der Waals surface area contributed by atoms with E-state index in [0.29, 0.717) is 0 Å². The summed E-state index contributed by atoms with van der Waals surface area (Å²) in [7, 11) is 0. The number of rotatable bonds is 3. The summed E-state index contributed by atoms with van der Waals surface area (Å²) >= 11 is 0. The minimum Gasteiger partial charge on any atom is -0.293 e. The summed E-state index contributed by atoms with van der Waals surface area (Å²) in [5.74, 6) is 0. The normalized spacial score (nSPS) is 15.0. The predicted molar refractivity (Wildman–Crippen MR) is 95.4 cm³/mol. The zero-order chi connectivity index (χ0) is 16.4. The zero-order valence-corrected chi connectivity index (χ0v) is 14.0. The SMILES string of the molecule is Cc1cccc(-c2cc3n(n2)CCCN(Cc2ccncc2)C3)c1. The highest BCUT2D eigenvalue weighted by Gasteiger charge is 2.17. The fourth-order valence-electron chi connectivity index (χ4n) is 3.36. The Kier molecular flexibility index (Phi) is 4.13. The van der Waals surface area contributed by atoms with Crippen molar-refractivity contribution in [2.75, 3.05) is 6.54 Å². The van der Waals surface area contributed by atoms with Gasteiger partial charge in [-0.15, -0.1) is 0 Å². The third-order valence-corrected chi connectivity index (χ3v) is 4.56. The summed E-state index contributed by atoms with van der Waals surface area (Å²) < 4.78 is 2.18. The number of fused-ring (bicyclic) bond motifs is 1. The van der Waals surface area contributed by atoms with E-state index in [0.717, 1.165) is 38.3 Å². The van der Waals surface area contributed by atoms with Gasteiger partial charge < -0.3 is 0 Å². The molecule has 3 aromatic rings. The third-order valence-electron chi connectivity index (χ3n) is 4.56. The lowest BCUT2D eigenvalue weighted by atomic mass is 10.1. The van der Waals surface area contributed by atoms with Crippen molar-refractivity contribution in [1.29, 1.82) is 0 Å². The van der Waals surface area contributed by atoms with E-state index >= 15 is 0 Å². The first-order valence-corrected chi connectivity index (χ1v) is 8.53. The third kappa shape index (κ3) is 3.24. The average molecular weight is 318 g/mol. The van der Waals surface area contributed by atoms with Crippen LogP contribution in [-0.2, 0) is 19.6 Å². The standard InChI is InChI=1S/C20H22N4/c1-16-4-2-5-18(12-16)20-13-19-15-23(10-3-11-24(19)22-20)14-17-6-8-21-9-7-17/h2,4-9,12-13H,3,10-11,14-15H2,1H3. The largest absolute Gasteiger partial charge is 0.293 e. The number of hydrogen-bond donors (Lipinski definition) is 0. The van der Waals surface area contributed by atoms with E-state index in [2.05, 4.69) is 64.0 Å². The van der Waals surface area contributed by atoms with Crippen LogP contribution in [0.3, 0.4) is 0 Å². The van der Waals surface area contributed by atoms with Gasteiger partial charge in [-0.1, -0.05) is 23.8 Å². The van der Waals surface area contributed by atoms with E-state index in [9.17, 15) is 0 Å². The minimum atomic E-state index is 0.946. The highest BCUT2D eigenvalue weighted by atomic mass is 15.3. The van der Waals surface area contributed by atoms with E-state index in [1.165, 1.54) is 22.4 Å². The number of aromatic nitrogens is 3. The van der Waals surface area contributed by atoms with Crippen LogP contribution in [0.5, 0.6) is 0 Å². The number of aryl methyl sites for hydroxylation is 2. The Morgan fingerprint density at radius 1 is 1.04 bits per heavy atom. The Bertz CT molecular complexity index is 823. The second-order valence-corrected chi connectivity index (χ2v) is 6.53. The summed E-state index contributed by atoms with van der Waals surface area (Å²) in [6.07, 6.45) is 4.87. The Morgan fingerprint density at radius 3 is 2.75 bits per heavy atom. The Labute approximate surface area is 142 Å². The molecule has 0 spiro atoms. The summed E-state index contributed by atoms with van der Waals surface area (Å²) in [5.41, 5.74) is 6.18. The molecule has 0 fully saturated rings. The fraction of sp³-hybridized carbons (Fsp3) is 0.300.